The summed E-state index contributed by atoms with van der Waals surface area (Å²) in [7, 11) is 0. The van der Waals surface area contributed by atoms with Crippen LogP contribution in [0.15, 0.2) is 0 Å². The molecule has 2 nitrogen and oxygen atoms in total. The average Bonchev–Trinajstić information content (AvgIpc) is 2.29. The van der Waals surface area contributed by atoms with Gasteiger partial charge in [-0.05, 0) is 25.3 Å². The first-order valence-electron chi connectivity index (χ1n) is 4.31. The summed E-state index contributed by atoms with van der Waals surface area (Å²) >= 11 is 0. The molecule has 1 aliphatic heterocycles. The minimum atomic E-state index is 0.179. The first-order chi connectivity index (χ1) is 4.81. The Labute approximate surface area is 62.2 Å². The fourth-order valence-corrected chi connectivity index (χ4v) is 2.35. The van der Waals surface area contributed by atoms with Crippen LogP contribution in [0.25, 0.3) is 0 Å². The molecule has 0 unspecified atom stereocenters. The van der Waals surface area contributed by atoms with Crippen molar-refractivity contribution in [1.82, 2.24) is 5.32 Å². The molecule has 2 rings (SSSR count). The van der Waals surface area contributed by atoms with Gasteiger partial charge >= 0.3 is 0 Å². The van der Waals surface area contributed by atoms with Crippen molar-refractivity contribution < 1.29 is 0 Å². The number of nitrogens with one attached hydrogen (secondary N) is 1. The first-order valence-corrected chi connectivity index (χ1v) is 4.31. The van der Waals surface area contributed by atoms with E-state index in [9.17, 15) is 0 Å². The Balaban J connectivity index is 2.10. The number of rotatable bonds is 0. The molecule has 0 radical (unpaired) electrons. The van der Waals surface area contributed by atoms with Gasteiger partial charge in [0.15, 0.2) is 0 Å². The highest BCUT2D eigenvalue weighted by Gasteiger charge is 2.40. The highest BCUT2D eigenvalue weighted by Crippen LogP contribution is 2.33. The summed E-state index contributed by atoms with van der Waals surface area (Å²) in [6.07, 6.45) is 5.33. The quantitative estimate of drug-likeness (QED) is 0.513. The van der Waals surface area contributed by atoms with E-state index >= 15 is 0 Å². The molecule has 58 valence electrons. The molecule has 0 aromatic carbocycles. The molecule has 0 aromatic rings. The van der Waals surface area contributed by atoms with Gasteiger partial charge in [0.25, 0.3) is 0 Å². The number of hydrogen-bond donors (Lipinski definition) is 2. The second kappa shape index (κ2) is 2.21. The average molecular weight is 140 g/mol. The molecule has 1 saturated heterocycles. The van der Waals surface area contributed by atoms with Crippen LogP contribution in [0, 0.1) is 5.92 Å². The van der Waals surface area contributed by atoms with Gasteiger partial charge < -0.3 is 11.1 Å². The summed E-state index contributed by atoms with van der Waals surface area (Å²) in [5.41, 5.74) is 6.38. The van der Waals surface area contributed by atoms with Crippen LogP contribution in [0.2, 0.25) is 0 Å². The second-order valence-corrected chi connectivity index (χ2v) is 3.81. The van der Waals surface area contributed by atoms with Crippen molar-refractivity contribution in [3.63, 3.8) is 0 Å². The van der Waals surface area contributed by atoms with E-state index in [0.29, 0.717) is 0 Å². The molecule has 3 N–H and O–H groups in total. The van der Waals surface area contributed by atoms with Gasteiger partial charge in [-0.2, -0.15) is 0 Å². The Morgan fingerprint density at radius 2 is 2.30 bits per heavy atom. The van der Waals surface area contributed by atoms with Gasteiger partial charge in [-0.3, -0.25) is 0 Å². The molecule has 2 fully saturated rings. The van der Waals surface area contributed by atoms with Crippen LogP contribution in [0.4, 0.5) is 0 Å². The van der Waals surface area contributed by atoms with E-state index in [-0.39, 0.29) is 5.54 Å². The first kappa shape index (κ1) is 6.62. The van der Waals surface area contributed by atoms with E-state index in [2.05, 4.69) is 5.32 Å². The Morgan fingerprint density at radius 1 is 1.40 bits per heavy atom. The number of hydrogen-bond acceptors (Lipinski definition) is 2. The van der Waals surface area contributed by atoms with Crippen molar-refractivity contribution in [2.24, 2.45) is 11.7 Å². The normalized spacial score (nSPS) is 47.1. The zero-order chi connectivity index (χ0) is 7.03. The summed E-state index contributed by atoms with van der Waals surface area (Å²) < 4.78 is 0. The molecule has 1 saturated carbocycles. The number of fused-ring (bicyclic) bond motifs is 1. The van der Waals surface area contributed by atoms with E-state index in [1.54, 1.807) is 0 Å². The molecule has 2 aliphatic rings. The molecule has 10 heavy (non-hydrogen) atoms. The lowest BCUT2D eigenvalue weighted by Crippen LogP contribution is -2.49. The van der Waals surface area contributed by atoms with Crippen LogP contribution in [-0.4, -0.2) is 18.6 Å². The standard InChI is InChI=1S/C8H16N2/c9-8-4-2-1-3-7(8)5-10-6-8/h7,10H,1-6,9H2/t7-,8+/m1/s1. The van der Waals surface area contributed by atoms with Crippen molar-refractivity contribution in [2.75, 3.05) is 13.1 Å². The lowest BCUT2D eigenvalue weighted by atomic mass is 9.76. The maximum Gasteiger partial charge on any atom is 0.0321 e. The van der Waals surface area contributed by atoms with E-state index in [1.165, 1.54) is 25.7 Å². The SMILES string of the molecule is N[C@]12CCCC[C@@H]1CNC2. The maximum absolute atomic E-state index is 6.20. The van der Waals surface area contributed by atoms with Gasteiger partial charge in [0.05, 0.1) is 0 Å². The zero-order valence-corrected chi connectivity index (χ0v) is 6.40. The Kier molecular flexibility index (Phi) is 1.46. The second-order valence-electron chi connectivity index (χ2n) is 3.81. The van der Waals surface area contributed by atoms with E-state index in [4.69, 9.17) is 5.73 Å². The minimum absolute atomic E-state index is 0.179. The molecule has 0 amide bonds. The molecule has 0 bridgehead atoms. The van der Waals surface area contributed by atoms with E-state index < -0.39 is 0 Å². The molecule has 1 aliphatic carbocycles. The Bertz CT molecular complexity index is 135. The molecule has 2 atom stereocenters. The fourth-order valence-electron chi connectivity index (χ4n) is 2.35. The monoisotopic (exact) mass is 140 g/mol. The third-order valence-electron chi connectivity index (χ3n) is 3.10. The zero-order valence-electron chi connectivity index (χ0n) is 6.40. The summed E-state index contributed by atoms with van der Waals surface area (Å²) in [6, 6.07) is 0. The lowest BCUT2D eigenvalue weighted by molar-refractivity contribution is 0.247. The van der Waals surface area contributed by atoms with Crippen molar-refractivity contribution in [1.29, 1.82) is 0 Å². The molecule has 2 heteroatoms. The van der Waals surface area contributed by atoms with Gasteiger partial charge in [0, 0.05) is 12.1 Å². The van der Waals surface area contributed by atoms with Gasteiger partial charge in [0.1, 0.15) is 0 Å². The van der Waals surface area contributed by atoms with Crippen molar-refractivity contribution in [2.45, 2.75) is 31.2 Å². The van der Waals surface area contributed by atoms with Gasteiger partial charge in [0.2, 0.25) is 0 Å². The van der Waals surface area contributed by atoms with Gasteiger partial charge in [-0.1, -0.05) is 12.8 Å². The molecular weight excluding hydrogens is 124 g/mol. The predicted octanol–water partition coefficient (Wildman–Crippen LogP) is 0.477. The largest absolute Gasteiger partial charge is 0.324 e. The van der Waals surface area contributed by atoms with Crippen LogP contribution in [0.5, 0.6) is 0 Å². The maximum atomic E-state index is 6.20. The Morgan fingerprint density at radius 3 is 3.10 bits per heavy atom. The van der Waals surface area contributed by atoms with E-state index in [1.807, 2.05) is 0 Å². The minimum Gasteiger partial charge on any atom is -0.324 e. The molecule has 0 aromatic heterocycles. The number of nitrogens with two attached hydrogens (primary N) is 1. The van der Waals surface area contributed by atoms with Crippen LogP contribution in [-0.2, 0) is 0 Å². The van der Waals surface area contributed by atoms with Crippen molar-refractivity contribution >= 4 is 0 Å². The van der Waals surface area contributed by atoms with Crippen molar-refractivity contribution in [3.8, 4) is 0 Å². The third-order valence-corrected chi connectivity index (χ3v) is 3.10. The molecule has 0 spiro atoms. The summed E-state index contributed by atoms with van der Waals surface area (Å²) in [4.78, 5) is 0. The van der Waals surface area contributed by atoms with Crippen LogP contribution in [0.1, 0.15) is 25.7 Å². The van der Waals surface area contributed by atoms with Gasteiger partial charge in [-0.15, -0.1) is 0 Å². The molecular formula is C8H16N2. The van der Waals surface area contributed by atoms with Crippen LogP contribution in [0.3, 0.4) is 0 Å². The highest BCUT2D eigenvalue weighted by molar-refractivity contribution is 5.01. The highest BCUT2D eigenvalue weighted by atomic mass is 15.0. The van der Waals surface area contributed by atoms with E-state index in [0.717, 1.165) is 19.0 Å². The predicted molar refractivity (Wildman–Crippen MR) is 41.7 cm³/mol. The van der Waals surface area contributed by atoms with Crippen molar-refractivity contribution in [3.05, 3.63) is 0 Å². The third kappa shape index (κ3) is 0.867. The molecule has 1 heterocycles. The van der Waals surface area contributed by atoms with Crippen LogP contribution >= 0.6 is 0 Å². The summed E-state index contributed by atoms with van der Waals surface area (Å²) in [5, 5.41) is 3.38. The lowest BCUT2D eigenvalue weighted by Gasteiger charge is -2.34. The fraction of sp³-hybridized carbons (Fsp3) is 1.00. The summed E-state index contributed by atoms with van der Waals surface area (Å²) in [6.45, 7) is 2.22. The smallest absolute Gasteiger partial charge is 0.0321 e. The van der Waals surface area contributed by atoms with Crippen LogP contribution < -0.4 is 11.1 Å². The topological polar surface area (TPSA) is 38.0 Å². The van der Waals surface area contributed by atoms with Gasteiger partial charge in [-0.25, -0.2) is 0 Å². The Hall–Kier alpha value is -0.0800. The summed E-state index contributed by atoms with van der Waals surface area (Å²) in [5.74, 6) is 0.779.